The predicted octanol–water partition coefficient (Wildman–Crippen LogP) is 5.12. The van der Waals surface area contributed by atoms with E-state index in [9.17, 15) is 19.5 Å². The lowest BCUT2D eigenvalue weighted by molar-refractivity contribution is -0.142. The number of alkyl carbamates (subject to hydrolysis) is 1. The van der Waals surface area contributed by atoms with Crippen LogP contribution in [0, 0.1) is 13.8 Å². The number of amides is 3. The van der Waals surface area contributed by atoms with Gasteiger partial charge < -0.3 is 25.4 Å². The molecule has 0 aromatic heterocycles. The normalized spacial score (nSPS) is 13.1. The van der Waals surface area contributed by atoms with Crippen molar-refractivity contribution in [1.29, 1.82) is 0 Å². The van der Waals surface area contributed by atoms with E-state index in [4.69, 9.17) is 4.74 Å². The zero-order valence-corrected chi connectivity index (χ0v) is 24.4. The summed E-state index contributed by atoms with van der Waals surface area (Å²) in [4.78, 5) is 42.3. The van der Waals surface area contributed by atoms with Crippen LogP contribution in [0.5, 0.6) is 5.75 Å². The number of carbonyl (C=O) groups excluding carboxylic acids is 3. The highest BCUT2D eigenvalue weighted by Crippen LogP contribution is 2.28. The molecule has 8 heteroatoms. The number of ether oxygens (including phenoxy) is 1. The molecule has 3 N–H and O–H groups in total. The van der Waals surface area contributed by atoms with E-state index < -0.39 is 35.2 Å². The first-order valence-corrected chi connectivity index (χ1v) is 13.1. The number of nitrogens with zero attached hydrogens (tertiary/aromatic N) is 1. The third kappa shape index (κ3) is 9.46. The van der Waals surface area contributed by atoms with Gasteiger partial charge in [-0.25, -0.2) is 4.79 Å². The Labute approximate surface area is 232 Å². The maximum absolute atomic E-state index is 14.3. The molecule has 2 aromatic carbocycles. The summed E-state index contributed by atoms with van der Waals surface area (Å²) in [6.07, 6.45) is 0.929. The molecule has 0 fully saturated rings. The Morgan fingerprint density at radius 2 is 1.64 bits per heavy atom. The quantitative estimate of drug-likeness (QED) is 0.385. The van der Waals surface area contributed by atoms with Crippen LogP contribution in [-0.4, -0.2) is 51.6 Å². The molecule has 39 heavy (non-hydrogen) atoms. The molecule has 8 nitrogen and oxygen atoms in total. The average Bonchev–Trinajstić information content (AvgIpc) is 2.79. The van der Waals surface area contributed by atoms with Crippen molar-refractivity contribution in [3.63, 3.8) is 0 Å². The molecule has 2 unspecified atom stereocenters. The number of phenols is 1. The first-order chi connectivity index (χ1) is 18.0. The molecule has 0 aliphatic rings. The number of hydrogen-bond donors (Lipinski definition) is 3. The molecular formula is C31H43N3O5. The smallest absolute Gasteiger partial charge is 0.408 e. The molecule has 0 spiro atoms. The molecule has 212 valence electrons. The average molecular weight is 538 g/mol. The second-order valence-electron chi connectivity index (χ2n) is 11.8. The number of nitrogens with one attached hydrogen (secondary N) is 2. The summed E-state index contributed by atoms with van der Waals surface area (Å²) in [5.41, 5.74) is 1.96. The highest BCUT2D eigenvalue weighted by atomic mass is 16.6. The van der Waals surface area contributed by atoms with Gasteiger partial charge in [0.25, 0.3) is 0 Å². The minimum Gasteiger partial charge on any atom is -0.508 e. The molecule has 2 atom stereocenters. The monoisotopic (exact) mass is 537 g/mol. The van der Waals surface area contributed by atoms with Gasteiger partial charge in [0.15, 0.2) is 0 Å². The summed E-state index contributed by atoms with van der Waals surface area (Å²) >= 11 is 0. The fourth-order valence-electron chi connectivity index (χ4n) is 4.14. The Morgan fingerprint density at radius 1 is 1.03 bits per heavy atom. The minimum absolute atomic E-state index is 0.0660. The number of aryl methyl sites for hydroxylation is 1. The summed E-state index contributed by atoms with van der Waals surface area (Å²) < 4.78 is 5.45. The summed E-state index contributed by atoms with van der Waals surface area (Å²) in [5.74, 6) is -0.722. The SMILES string of the molecule is C=CCN(C(=O)C(Cc1ccc(O)cc1)NC(=O)OC(C)(C)C)C(C(=O)NC(C)(C)C)c1cccc(C)c1C. The topological polar surface area (TPSA) is 108 Å². The lowest BCUT2D eigenvalue weighted by Gasteiger charge is -2.36. The van der Waals surface area contributed by atoms with Crippen molar-refractivity contribution >= 4 is 17.9 Å². The van der Waals surface area contributed by atoms with Crippen LogP contribution in [0.15, 0.2) is 55.1 Å². The van der Waals surface area contributed by atoms with Crippen LogP contribution in [-0.2, 0) is 20.7 Å². The molecule has 2 aromatic rings. The maximum Gasteiger partial charge on any atom is 0.408 e. The highest BCUT2D eigenvalue weighted by molar-refractivity contribution is 5.93. The second-order valence-corrected chi connectivity index (χ2v) is 11.8. The summed E-state index contributed by atoms with van der Waals surface area (Å²) in [6.45, 7) is 18.6. The number of benzene rings is 2. The van der Waals surface area contributed by atoms with Gasteiger partial charge in [-0.1, -0.05) is 36.4 Å². The highest BCUT2D eigenvalue weighted by Gasteiger charge is 2.37. The van der Waals surface area contributed by atoms with Crippen LogP contribution in [0.3, 0.4) is 0 Å². The Kier molecular flexibility index (Phi) is 10.3. The van der Waals surface area contributed by atoms with Gasteiger partial charge in [0.1, 0.15) is 23.4 Å². The van der Waals surface area contributed by atoms with Gasteiger partial charge in [-0.2, -0.15) is 0 Å². The van der Waals surface area contributed by atoms with Crippen molar-refractivity contribution in [2.45, 2.75) is 85.0 Å². The van der Waals surface area contributed by atoms with Gasteiger partial charge in [-0.15, -0.1) is 6.58 Å². The molecule has 0 bridgehead atoms. The fourth-order valence-corrected chi connectivity index (χ4v) is 4.14. The number of rotatable bonds is 9. The summed E-state index contributed by atoms with van der Waals surface area (Å²) in [7, 11) is 0. The molecule has 3 amide bonds. The van der Waals surface area contributed by atoms with Gasteiger partial charge in [0.05, 0.1) is 0 Å². The lowest BCUT2D eigenvalue weighted by Crippen LogP contribution is -2.55. The molecule has 0 aliphatic heterocycles. The second kappa shape index (κ2) is 12.8. The van der Waals surface area contributed by atoms with Gasteiger partial charge in [0.2, 0.25) is 11.8 Å². The van der Waals surface area contributed by atoms with Crippen molar-refractivity contribution in [2.24, 2.45) is 0 Å². The Hall–Kier alpha value is -3.81. The molecule has 2 rings (SSSR count). The van der Waals surface area contributed by atoms with Crippen LogP contribution >= 0.6 is 0 Å². The Morgan fingerprint density at radius 3 is 2.18 bits per heavy atom. The minimum atomic E-state index is -1.06. The van der Waals surface area contributed by atoms with Crippen molar-refractivity contribution in [3.05, 3.63) is 77.4 Å². The summed E-state index contributed by atoms with van der Waals surface area (Å²) in [5, 5.41) is 15.4. The number of phenolic OH excluding ortho intramolecular Hbond substituents is 1. The zero-order chi connectivity index (χ0) is 29.5. The van der Waals surface area contributed by atoms with Crippen LogP contribution in [0.1, 0.15) is 69.8 Å². The largest absolute Gasteiger partial charge is 0.508 e. The van der Waals surface area contributed by atoms with E-state index >= 15 is 0 Å². The number of aromatic hydroxyl groups is 1. The van der Waals surface area contributed by atoms with Crippen LogP contribution in [0.2, 0.25) is 0 Å². The standard InChI is InChI=1S/C31H43N3O5/c1-10-18-34(26(27(36)33-30(4,5)6)24-13-11-12-20(2)21(24)3)28(37)25(32-29(38)39-31(7,8)9)19-22-14-16-23(35)17-15-22/h10-17,25-26,35H,1,18-19H2,2-9H3,(H,32,38)(H,33,36). The van der Waals surface area contributed by atoms with Crippen molar-refractivity contribution < 1.29 is 24.2 Å². The predicted molar refractivity (Wildman–Crippen MR) is 153 cm³/mol. The molecule has 0 heterocycles. The van der Waals surface area contributed by atoms with E-state index in [1.54, 1.807) is 39.0 Å². The maximum atomic E-state index is 14.3. The lowest BCUT2D eigenvalue weighted by atomic mass is 9.93. The van der Waals surface area contributed by atoms with Gasteiger partial charge in [-0.3, -0.25) is 9.59 Å². The van der Waals surface area contributed by atoms with Gasteiger partial charge in [0, 0.05) is 18.5 Å². The van der Waals surface area contributed by atoms with Crippen molar-refractivity contribution in [3.8, 4) is 5.75 Å². The fraction of sp³-hybridized carbons (Fsp3) is 0.452. The third-order valence-corrected chi connectivity index (χ3v) is 5.97. The third-order valence-electron chi connectivity index (χ3n) is 5.97. The summed E-state index contributed by atoms with van der Waals surface area (Å²) in [6, 6.07) is 10.0. The van der Waals surface area contributed by atoms with E-state index in [0.29, 0.717) is 11.1 Å². The number of hydrogen-bond acceptors (Lipinski definition) is 5. The molecular weight excluding hydrogens is 494 g/mol. The zero-order valence-electron chi connectivity index (χ0n) is 24.4. The van der Waals surface area contributed by atoms with Crippen LogP contribution in [0.25, 0.3) is 0 Å². The molecule has 0 saturated heterocycles. The van der Waals surface area contributed by atoms with Crippen molar-refractivity contribution in [1.82, 2.24) is 15.5 Å². The molecule has 0 saturated carbocycles. The Bertz CT molecular complexity index is 1180. The van der Waals surface area contributed by atoms with E-state index in [-0.39, 0.29) is 24.6 Å². The van der Waals surface area contributed by atoms with E-state index in [2.05, 4.69) is 17.2 Å². The first-order valence-electron chi connectivity index (χ1n) is 13.1. The first kappa shape index (κ1) is 31.4. The molecule has 0 aliphatic carbocycles. The van der Waals surface area contributed by atoms with Crippen molar-refractivity contribution in [2.75, 3.05) is 6.54 Å². The molecule has 0 radical (unpaired) electrons. The Balaban J connectivity index is 2.61. The van der Waals surface area contributed by atoms with Crippen LogP contribution < -0.4 is 10.6 Å². The van der Waals surface area contributed by atoms with Gasteiger partial charge >= 0.3 is 6.09 Å². The van der Waals surface area contributed by atoms with Gasteiger partial charge in [-0.05, 0) is 89.8 Å². The van der Waals surface area contributed by atoms with E-state index in [0.717, 1.165) is 11.1 Å². The van der Waals surface area contributed by atoms with Crippen LogP contribution in [0.4, 0.5) is 4.79 Å². The number of carbonyl (C=O) groups is 3. The van der Waals surface area contributed by atoms with E-state index in [1.807, 2.05) is 52.8 Å². The van der Waals surface area contributed by atoms with E-state index in [1.165, 1.54) is 17.0 Å².